The van der Waals surface area contributed by atoms with E-state index in [0.717, 1.165) is 41.5 Å². The van der Waals surface area contributed by atoms with Gasteiger partial charge < -0.3 is 10.2 Å². The van der Waals surface area contributed by atoms with E-state index in [4.69, 9.17) is 0 Å². The number of rotatable bonds is 5. The average Bonchev–Trinajstić information content (AvgIpc) is 2.95. The van der Waals surface area contributed by atoms with Gasteiger partial charge in [0, 0.05) is 5.41 Å². The number of carboxylic acids is 1. The van der Waals surface area contributed by atoms with Crippen molar-refractivity contribution in [3.63, 3.8) is 0 Å². The fourth-order valence-electron chi connectivity index (χ4n) is 6.96. The van der Waals surface area contributed by atoms with Crippen LogP contribution in [0.25, 0.3) is 6.08 Å². The molecule has 4 aromatic rings. The summed E-state index contributed by atoms with van der Waals surface area (Å²) in [5.74, 6) is -0.650. The molecule has 0 radical (unpaired) electrons. The molecule has 0 heterocycles. The maximum absolute atomic E-state index is 12.5. The van der Waals surface area contributed by atoms with Crippen molar-refractivity contribution in [1.29, 1.82) is 0 Å². The van der Waals surface area contributed by atoms with Crippen molar-refractivity contribution < 1.29 is 15.0 Å². The standard InChI is InChI=1S/C35H32O3/c36-33(37)28-17-19-32-27(21-28)16-18-30-24-35(38,29-14-8-3-9-15-29)31(20-25-10-4-1-5-11-25)23-34(30,32)22-26-12-6-2-7-13-26/h1-15,17,19-21,30,38H,16,18,22-24H2,(H,36,37)/b31-20+/t30-,34-,35-/m1/s1. The van der Waals surface area contributed by atoms with Crippen LogP contribution >= 0.6 is 0 Å². The number of carbonyl (C=O) groups is 1. The number of aryl methyl sites for hydroxylation is 1. The second kappa shape index (κ2) is 9.74. The van der Waals surface area contributed by atoms with Gasteiger partial charge >= 0.3 is 5.97 Å². The maximum atomic E-state index is 12.5. The van der Waals surface area contributed by atoms with E-state index in [0.29, 0.717) is 18.4 Å². The highest BCUT2D eigenvalue weighted by molar-refractivity contribution is 5.88. The largest absolute Gasteiger partial charge is 0.478 e. The Morgan fingerprint density at radius 1 is 0.868 bits per heavy atom. The minimum Gasteiger partial charge on any atom is -0.478 e. The predicted molar refractivity (Wildman–Crippen MR) is 151 cm³/mol. The third-order valence-electron chi connectivity index (χ3n) is 8.77. The molecular weight excluding hydrogens is 468 g/mol. The van der Waals surface area contributed by atoms with E-state index >= 15 is 0 Å². The highest BCUT2D eigenvalue weighted by atomic mass is 16.4. The molecule has 2 N–H and O–H groups in total. The summed E-state index contributed by atoms with van der Waals surface area (Å²) >= 11 is 0. The molecule has 0 bridgehead atoms. The molecule has 3 atom stereocenters. The first-order valence-corrected chi connectivity index (χ1v) is 13.4. The molecule has 190 valence electrons. The summed E-state index contributed by atoms with van der Waals surface area (Å²) < 4.78 is 0. The van der Waals surface area contributed by atoms with Crippen LogP contribution in [0.2, 0.25) is 0 Å². The van der Waals surface area contributed by atoms with Gasteiger partial charge in [-0.3, -0.25) is 0 Å². The van der Waals surface area contributed by atoms with E-state index in [1.165, 1.54) is 11.1 Å². The number of fused-ring (bicyclic) bond motifs is 3. The molecule has 3 heteroatoms. The third-order valence-corrected chi connectivity index (χ3v) is 8.77. The van der Waals surface area contributed by atoms with Gasteiger partial charge in [0.2, 0.25) is 0 Å². The van der Waals surface area contributed by atoms with E-state index < -0.39 is 11.6 Å². The van der Waals surface area contributed by atoms with Crippen molar-refractivity contribution >= 4 is 12.0 Å². The summed E-state index contributed by atoms with van der Waals surface area (Å²) in [6, 6.07) is 36.6. The molecule has 0 saturated heterocycles. The van der Waals surface area contributed by atoms with E-state index in [1.54, 1.807) is 6.07 Å². The van der Waals surface area contributed by atoms with Crippen molar-refractivity contribution in [2.75, 3.05) is 0 Å². The SMILES string of the molecule is O=C(O)c1ccc2c(c1)CC[C@@H]1C[C@@](O)(c3ccccc3)/C(=C/c3ccccc3)C[C@@]21Cc1ccccc1. The summed E-state index contributed by atoms with van der Waals surface area (Å²) in [4.78, 5) is 11.8. The Morgan fingerprint density at radius 3 is 2.21 bits per heavy atom. The van der Waals surface area contributed by atoms with Gasteiger partial charge in [-0.15, -0.1) is 0 Å². The van der Waals surface area contributed by atoms with Gasteiger partial charge in [-0.2, -0.15) is 0 Å². The fraction of sp³-hybridized carbons (Fsp3) is 0.229. The molecule has 4 aromatic carbocycles. The minimum absolute atomic E-state index is 0.240. The van der Waals surface area contributed by atoms with Crippen LogP contribution in [0.3, 0.4) is 0 Å². The van der Waals surface area contributed by atoms with Gasteiger partial charge in [-0.1, -0.05) is 103 Å². The van der Waals surface area contributed by atoms with E-state index in [9.17, 15) is 15.0 Å². The van der Waals surface area contributed by atoms with Crippen LogP contribution in [-0.4, -0.2) is 16.2 Å². The first kappa shape index (κ1) is 24.4. The number of carboxylic acid groups (broad SMARTS) is 1. The fourth-order valence-corrected chi connectivity index (χ4v) is 6.96. The number of aromatic carboxylic acids is 1. The molecule has 0 spiro atoms. The summed E-state index contributed by atoms with van der Waals surface area (Å²) in [6.45, 7) is 0. The molecule has 0 aromatic heterocycles. The summed E-state index contributed by atoms with van der Waals surface area (Å²) in [5.41, 5.74) is 5.67. The van der Waals surface area contributed by atoms with Crippen molar-refractivity contribution in [3.05, 3.63) is 148 Å². The lowest BCUT2D eigenvalue weighted by Crippen LogP contribution is -2.51. The Hall–Kier alpha value is -3.95. The van der Waals surface area contributed by atoms with Crippen molar-refractivity contribution in [2.24, 2.45) is 5.92 Å². The third kappa shape index (κ3) is 4.27. The summed E-state index contributed by atoms with van der Waals surface area (Å²) in [5, 5.41) is 22.2. The van der Waals surface area contributed by atoms with Crippen LogP contribution in [0, 0.1) is 5.92 Å². The Morgan fingerprint density at radius 2 is 1.53 bits per heavy atom. The van der Waals surface area contributed by atoms with Crippen molar-refractivity contribution in [3.8, 4) is 0 Å². The van der Waals surface area contributed by atoms with Gasteiger partial charge in [-0.25, -0.2) is 4.79 Å². The Kier molecular flexibility index (Phi) is 6.25. The van der Waals surface area contributed by atoms with Crippen LogP contribution in [0.1, 0.15) is 57.4 Å². The molecular formula is C35H32O3. The molecule has 38 heavy (non-hydrogen) atoms. The normalized spacial score (nSPS) is 25.4. The van der Waals surface area contributed by atoms with E-state index in [2.05, 4.69) is 48.5 Å². The minimum atomic E-state index is -1.07. The van der Waals surface area contributed by atoms with Crippen LogP contribution < -0.4 is 0 Å². The van der Waals surface area contributed by atoms with Crippen LogP contribution in [0.4, 0.5) is 0 Å². The predicted octanol–water partition coefficient (Wildman–Crippen LogP) is 7.19. The molecule has 1 saturated carbocycles. The zero-order valence-corrected chi connectivity index (χ0v) is 21.4. The first-order chi connectivity index (χ1) is 18.5. The number of benzene rings is 4. The highest BCUT2D eigenvalue weighted by Gasteiger charge is 2.54. The van der Waals surface area contributed by atoms with Gasteiger partial charge in [0.05, 0.1) is 5.56 Å². The van der Waals surface area contributed by atoms with Crippen LogP contribution in [-0.2, 0) is 23.9 Å². The van der Waals surface area contributed by atoms with Crippen molar-refractivity contribution in [1.82, 2.24) is 0 Å². The highest BCUT2D eigenvalue weighted by Crippen LogP contribution is 2.58. The van der Waals surface area contributed by atoms with E-state index in [1.807, 2.05) is 60.7 Å². The first-order valence-electron chi connectivity index (χ1n) is 13.4. The van der Waals surface area contributed by atoms with Crippen molar-refractivity contribution in [2.45, 2.75) is 43.1 Å². The van der Waals surface area contributed by atoms with Gasteiger partial charge in [0.1, 0.15) is 5.60 Å². The molecule has 3 nitrogen and oxygen atoms in total. The second-order valence-electron chi connectivity index (χ2n) is 10.9. The average molecular weight is 501 g/mol. The Bertz CT molecular complexity index is 1480. The monoisotopic (exact) mass is 500 g/mol. The number of hydrogen-bond donors (Lipinski definition) is 2. The molecule has 0 aliphatic heterocycles. The molecule has 2 aliphatic carbocycles. The molecule has 0 unspecified atom stereocenters. The summed E-state index contributed by atoms with van der Waals surface area (Å²) in [7, 11) is 0. The Labute approximate surface area is 224 Å². The smallest absolute Gasteiger partial charge is 0.335 e. The van der Waals surface area contributed by atoms with Gasteiger partial charge in [0.25, 0.3) is 0 Å². The van der Waals surface area contributed by atoms with Crippen LogP contribution in [0.15, 0.2) is 115 Å². The second-order valence-corrected chi connectivity index (χ2v) is 10.9. The zero-order chi connectivity index (χ0) is 26.2. The molecule has 2 aliphatic rings. The molecule has 1 fully saturated rings. The molecule has 0 amide bonds. The lowest BCUT2D eigenvalue weighted by atomic mass is 9.50. The number of aliphatic hydroxyl groups is 1. The van der Waals surface area contributed by atoms with Gasteiger partial charge in [0.15, 0.2) is 0 Å². The quantitative estimate of drug-likeness (QED) is 0.305. The van der Waals surface area contributed by atoms with Gasteiger partial charge in [-0.05, 0) is 83.5 Å². The maximum Gasteiger partial charge on any atom is 0.335 e. The molecule has 6 rings (SSSR count). The van der Waals surface area contributed by atoms with Crippen LogP contribution in [0.5, 0.6) is 0 Å². The number of hydrogen-bond acceptors (Lipinski definition) is 2. The van der Waals surface area contributed by atoms with E-state index in [-0.39, 0.29) is 11.3 Å². The lowest BCUT2D eigenvalue weighted by Gasteiger charge is -2.55. The lowest BCUT2D eigenvalue weighted by molar-refractivity contribution is -0.00754. The topological polar surface area (TPSA) is 57.5 Å². The Balaban J connectivity index is 1.55. The zero-order valence-electron chi connectivity index (χ0n) is 21.4. The summed E-state index contributed by atoms with van der Waals surface area (Å²) in [6.07, 6.45) is 6.08.